The van der Waals surface area contributed by atoms with Crippen LogP contribution in [0.25, 0.3) is 32.7 Å². The highest BCUT2D eigenvalue weighted by Gasteiger charge is 2.31. The molecule has 0 saturated carbocycles. The number of hydrogen-bond donors (Lipinski definition) is 0. The fraction of sp³-hybridized carbons (Fsp3) is 0.394. The van der Waals surface area contributed by atoms with E-state index in [0.717, 1.165) is 6.42 Å². The van der Waals surface area contributed by atoms with Crippen LogP contribution < -0.4 is 0 Å². The molecule has 0 spiro atoms. The molecule has 0 nitrogen and oxygen atoms in total. The first-order chi connectivity index (χ1) is 15.4. The van der Waals surface area contributed by atoms with Crippen molar-refractivity contribution in [2.45, 2.75) is 89.5 Å². The lowest BCUT2D eigenvalue weighted by atomic mass is 9.81. The summed E-state index contributed by atoms with van der Waals surface area (Å²) in [6.45, 7) is 28.0. The Hall–Kier alpha value is -2.60. The summed E-state index contributed by atoms with van der Waals surface area (Å²) >= 11 is 0. The second kappa shape index (κ2) is 6.95. The summed E-state index contributed by atoms with van der Waals surface area (Å²) in [7, 11) is 0. The maximum Gasteiger partial charge on any atom is -0.000754 e. The van der Waals surface area contributed by atoms with E-state index in [1.165, 1.54) is 99.4 Å². The van der Waals surface area contributed by atoms with Gasteiger partial charge in [-0.05, 0) is 200 Å². The first-order valence-electron chi connectivity index (χ1n) is 12.5. The van der Waals surface area contributed by atoms with Crippen LogP contribution in [0.5, 0.6) is 0 Å². The van der Waals surface area contributed by atoms with Crippen LogP contribution >= 0.6 is 0 Å². The van der Waals surface area contributed by atoms with Crippen molar-refractivity contribution in [2.24, 2.45) is 0 Å². The molecule has 0 amide bonds. The minimum Gasteiger partial charge on any atom is -0.0444 e. The van der Waals surface area contributed by atoms with E-state index in [1.807, 2.05) is 0 Å². The van der Waals surface area contributed by atoms with Gasteiger partial charge >= 0.3 is 0 Å². The van der Waals surface area contributed by atoms with Crippen molar-refractivity contribution in [3.8, 4) is 11.1 Å². The average molecular weight is 435 g/mol. The first-order valence-corrected chi connectivity index (χ1v) is 12.5. The molecule has 170 valence electrons. The minimum absolute atomic E-state index is 1.06. The minimum atomic E-state index is 1.06. The average Bonchev–Trinajstić information content (AvgIpc) is 3.20. The molecule has 4 aromatic carbocycles. The van der Waals surface area contributed by atoms with Gasteiger partial charge in [-0.1, -0.05) is 0 Å². The standard InChI is InChI=1S/C33H38/c1-14-16(3)20(7)30-24(11)32-26(22(9)28(30)18(14)5)13-27-23(10)29-19(6)15(2)17(4)21(8)31(29)25(12)33(27)32/h13H2,1-12H3. The number of aryl methyl sites for hydroxylation is 8. The molecular formula is C33H38. The van der Waals surface area contributed by atoms with Gasteiger partial charge in [0.1, 0.15) is 0 Å². The maximum absolute atomic E-state index is 2.38. The van der Waals surface area contributed by atoms with Gasteiger partial charge in [0.2, 0.25) is 0 Å². The third-order valence-electron chi connectivity index (χ3n) is 9.74. The van der Waals surface area contributed by atoms with Crippen molar-refractivity contribution in [3.63, 3.8) is 0 Å². The van der Waals surface area contributed by atoms with E-state index in [9.17, 15) is 0 Å². The van der Waals surface area contributed by atoms with E-state index in [2.05, 4.69) is 83.1 Å². The summed E-state index contributed by atoms with van der Waals surface area (Å²) in [5.41, 5.74) is 23.8. The largest absolute Gasteiger partial charge is 0.0444 e. The van der Waals surface area contributed by atoms with E-state index in [-0.39, 0.29) is 0 Å². The van der Waals surface area contributed by atoms with E-state index < -0.39 is 0 Å². The van der Waals surface area contributed by atoms with Crippen molar-refractivity contribution >= 4 is 21.5 Å². The number of hydrogen-bond acceptors (Lipinski definition) is 0. The van der Waals surface area contributed by atoms with E-state index >= 15 is 0 Å². The number of benzene rings is 4. The summed E-state index contributed by atoms with van der Waals surface area (Å²) in [6, 6.07) is 0. The highest BCUT2D eigenvalue weighted by molar-refractivity contribution is 6.07. The van der Waals surface area contributed by atoms with Gasteiger partial charge in [-0.2, -0.15) is 0 Å². The third-order valence-corrected chi connectivity index (χ3v) is 9.74. The molecule has 0 unspecified atom stereocenters. The van der Waals surface area contributed by atoms with Gasteiger partial charge in [0, 0.05) is 0 Å². The summed E-state index contributed by atoms with van der Waals surface area (Å²) < 4.78 is 0. The number of rotatable bonds is 0. The molecule has 0 heteroatoms. The predicted octanol–water partition coefficient (Wildman–Crippen LogP) is 9.27. The van der Waals surface area contributed by atoms with Gasteiger partial charge in [0.15, 0.2) is 0 Å². The van der Waals surface area contributed by atoms with Crippen molar-refractivity contribution in [1.82, 2.24) is 0 Å². The zero-order chi connectivity index (χ0) is 24.3. The van der Waals surface area contributed by atoms with Gasteiger partial charge < -0.3 is 0 Å². The van der Waals surface area contributed by atoms with Crippen molar-refractivity contribution in [3.05, 3.63) is 77.9 Å². The second-order valence-electron chi connectivity index (χ2n) is 10.9. The summed E-state index contributed by atoms with van der Waals surface area (Å²) in [5.74, 6) is 0. The lowest BCUT2D eigenvalue weighted by Gasteiger charge is -2.23. The van der Waals surface area contributed by atoms with Gasteiger partial charge in [-0.15, -0.1) is 0 Å². The molecule has 4 aromatic rings. The molecule has 0 bridgehead atoms. The molecule has 0 aromatic heterocycles. The van der Waals surface area contributed by atoms with Crippen LogP contribution in [0.2, 0.25) is 0 Å². The van der Waals surface area contributed by atoms with Crippen LogP contribution in [-0.4, -0.2) is 0 Å². The Morgan fingerprint density at radius 2 is 0.515 bits per heavy atom. The zero-order valence-electron chi connectivity index (χ0n) is 22.7. The molecule has 0 saturated heterocycles. The molecule has 5 rings (SSSR count). The molecule has 0 atom stereocenters. The van der Waals surface area contributed by atoms with Crippen molar-refractivity contribution < 1.29 is 0 Å². The third kappa shape index (κ3) is 2.53. The molecule has 0 N–H and O–H groups in total. The summed E-state index contributed by atoms with van der Waals surface area (Å²) in [4.78, 5) is 0. The van der Waals surface area contributed by atoms with E-state index in [4.69, 9.17) is 0 Å². The Labute approximate surface area is 200 Å². The van der Waals surface area contributed by atoms with Crippen molar-refractivity contribution in [2.75, 3.05) is 0 Å². The molecule has 1 aliphatic rings. The summed E-state index contributed by atoms with van der Waals surface area (Å²) in [5, 5.41) is 5.98. The highest BCUT2D eigenvalue weighted by atomic mass is 14.3. The highest BCUT2D eigenvalue weighted by Crippen LogP contribution is 2.51. The van der Waals surface area contributed by atoms with Crippen LogP contribution in [0.4, 0.5) is 0 Å². The first kappa shape index (κ1) is 22.2. The Kier molecular flexibility index (Phi) is 4.68. The molecular weight excluding hydrogens is 396 g/mol. The lowest BCUT2D eigenvalue weighted by Crippen LogP contribution is -2.02. The molecule has 33 heavy (non-hydrogen) atoms. The van der Waals surface area contributed by atoms with Crippen LogP contribution in [0.3, 0.4) is 0 Å². The van der Waals surface area contributed by atoms with Crippen LogP contribution in [0, 0.1) is 83.1 Å². The fourth-order valence-electron chi connectivity index (χ4n) is 7.17. The Morgan fingerprint density at radius 1 is 0.273 bits per heavy atom. The topological polar surface area (TPSA) is 0 Å². The second-order valence-corrected chi connectivity index (χ2v) is 10.9. The van der Waals surface area contributed by atoms with E-state index in [1.54, 1.807) is 11.1 Å². The summed E-state index contributed by atoms with van der Waals surface area (Å²) in [6.07, 6.45) is 1.06. The van der Waals surface area contributed by atoms with Crippen LogP contribution in [0.15, 0.2) is 0 Å². The maximum atomic E-state index is 2.38. The monoisotopic (exact) mass is 434 g/mol. The Morgan fingerprint density at radius 3 is 0.788 bits per heavy atom. The molecule has 1 aliphatic carbocycles. The SMILES string of the molecule is Cc1c(C)c(C)c2c(C)c3c(c(C)c2c1C)Cc1c-3c(C)c2c(C)c(C)c(C)c(C)c2c1C. The van der Waals surface area contributed by atoms with E-state index in [0.29, 0.717) is 0 Å². The van der Waals surface area contributed by atoms with Crippen LogP contribution in [0.1, 0.15) is 77.9 Å². The van der Waals surface area contributed by atoms with Gasteiger partial charge in [0.05, 0.1) is 0 Å². The lowest BCUT2D eigenvalue weighted by molar-refractivity contribution is 1.18. The Balaban J connectivity index is 2.04. The fourth-order valence-corrected chi connectivity index (χ4v) is 7.17. The molecule has 0 fully saturated rings. The quantitative estimate of drug-likeness (QED) is 0.228. The molecule has 0 radical (unpaired) electrons. The molecule has 0 aliphatic heterocycles. The predicted molar refractivity (Wildman–Crippen MR) is 147 cm³/mol. The van der Waals surface area contributed by atoms with Gasteiger partial charge in [-0.3, -0.25) is 0 Å². The normalized spacial score (nSPS) is 12.7. The van der Waals surface area contributed by atoms with Crippen molar-refractivity contribution in [1.29, 1.82) is 0 Å². The van der Waals surface area contributed by atoms with Crippen LogP contribution in [-0.2, 0) is 6.42 Å². The number of fused-ring (bicyclic) bond motifs is 5. The zero-order valence-corrected chi connectivity index (χ0v) is 22.7. The van der Waals surface area contributed by atoms with Gasteiger partial charge in [0.25, 0.3) is 0 Å². The Bertz CT molecular complexity index is 1450. The molecule has 0 heterocycles. The smallest absolute Gasteiger partial charge is 0.000754 e. The van der Waals surface area contributed by atoms with Gasteiger partial charge in [-0.25, -0.2) is 0 Å².